The van der Waals surface area contributed by atoms with Gasteiger partial charge in [-0.25, -0.2) is 0 Å². The van der Waals surface area contributed by atoms with E-state index in [0.29, 0.717) is 26.1 Å². The Morgan fingerprint density at radius 3 is 2.88 bits per heavy atom. The Balaban J connectivity index is 1.36. The number of amides is 1. The summed E-state index contributed by atoms with van der Waals surface area (Å²) in [6, 6.07) is 16.8. The number of pyridine rings is 1. The number of nitrogens with zero attached hydrogens (tertiary/aromatic N) is 3. The molecule has 1 atom stereocenters. The molecule has 0 radical (unpaired) electrons. The first-order valence-electron chi connectivity index (χ1n) is 11.3. The minimum atomic E-state index is 0.0542. The Kier molecular flexibility index (Phi) is 4.56. The highest BCUT2D eigenvalue weighted by Crippen LogP contribution is 2.39. The molecule has 5 nitrogen and oxygen atoms in total. The van der Waals surface area contributed by atoms with Gasteiger partial charge in [-0.05, 0) is 60.7 Å². The molecular formula is C27H25N3O2. The van der Waals surface area contributed by atoms with Gasteiger partial charge in [0, 0.05) is 35.1 Å². The van der Waals surface area contributed by atoms with E-state index >= 15 is 0 Å². The van der Waals surface area contributed by atoms with Gasteiger partial charge in [0.05, 0.1) is 31.3 Å². The molecular weight excluding hydrogens is 398 g/mol. The highest BCUT2D eigenvalue weighted by Gasteiger charge is 2.33. The lowest BCUT2D eigenvalue weighted by atomic mass is 9.89. The summed E-state index contributed by atoms with van der Waals surface area (Å²) in [7, 11) is 0. The molecule has 4 heterocycles. The van der Waals surface area contributed by atoms with E-state index in [2.05, 4.69) is 34.1 Å². The zero-order chi connectivity index (χ0) is 21.7. The van der Waals surface area contributed by atoms with Crippen molar-refractivity contribution in [1.29, 1.82) is 0 Å². The number of ether oxygens (including phenoxy) is 1. The molecule has 6 rings (SSSR count). The fourth-order valence-corrected chi connectivity index (χ4v) is 5.24. The van der Waals surface area contributed by atoms with Crippen LogP contribution in [0.1, 0.15) is 58.0 Å². The van der Waals surface area contributed by atoms with Gasteiger partial charge in [-0.15, -0.1) is 0 Å². The minimum absolute atomic E-state index is 0.0542. The maximum Gasteiger partial charge on any atom is 0.227 e. The summed E-state index contributed by atoms with van der Waals surface area (Å²) < 4.78 is 5.95. The van der Waals surface area contributed by atoms with Crippen LogP contribution < -0.4 is 4.74 Å². The summed E-state index contributed by atoms with van der Waals surface area (Å²) in [6.45, 7) is 4.00. The van der Waals surface area contributed by atoms with E-state index < -0.39 is 0 Å². The van der Waals surface area contributed by atoms with Crippen molar-refractivity contribution >= 4 is 11.6 Å². The van der Waals surface area contributed by atoms with Crippen molar-refractivity contribution in [3.05, 3.63) is 93.8 Å². The summed E-state index contributed by atoms with van der Waals surface area (Å²) in [6.07, 6.45) is 4.16. The number of carbonyl (C=O) groups is 1. The number of para-hydroxylation sites is 1. The summed E-state index contributed by atoms with van der Waals surface area (Å²) >= 11 is 0. The van der Waals surface area contributed by atoms with E-state index in [4.69, 9.17) is 9.73 Å². The molecule has 0 aliphatic carbocycles. The number of carbonyl (C=O) groups excluding carboxylic acids is 1. The summed E-state index contributed by atoms with van der Waals surface area (Å²) in [4.78, 5) is 24.5. The first-order chi connectivity index (χ1) is 15.7. The van der Waals surface area contributed by atoms with Gasteiger partial charge in [0.1, 0.15) is 5.75 Å². The maximum atomic E-state index is 13.3. The maximum absolute atomic E-state index is 13.3. The highest BCUT2D eigenvalue weighted by molar-refractivity contribution is 6.15. The van der Waals surface area contributed by atoms with Crippen molar-refractivity contribution in [3.63, 3.8) is 0 Å². The van der Waals surface area contributed by atoms with Gasteiger partial charge >= 0.3 is 0 Å². The summed E-state index contributed by atoms with van der Waals surface area (Å²) in [5.74, 6) is 1.10. The number of aliphatic imine (C=N–C) groups is 1. The lowest BCUT2D eigenvalue weighted by molar-refractivity contribution is -0.134. The van der Waals surface area contributed by atoms with Crippen molar-refractivity contribution in [2.75, 3.05) is 6.61 Å². The highest BCUT2D eigenvalue weighted by atomic mass is 16.5. The molecule has 0 saturated carbocycles. The molecule has 1 unspecified atom stereocenters. The van der Waals surface area contributed by atoms with Crippen molar-refractivity contribution < 1.29 is 9.53 Å². The average Bonchev–Trinajstić information content (AvgIpc) is 3.08. The topological polar surface area (TPSA) is 54.8 Å². The predicted octanol–water partition coefficient (Wildman–Crippen LogP) is 4.54. The Hall–Kier alpha value is -3.47. The van der Waals surface area contributed by atoms with Gasteiger partial charge < -0.3 is 9.64 Å². The Bertz CT molecular complexity index is 1260. The predicted molar refractivity (Wildman–Crippen MR) is 123 cm³/mol. The van der Waals surface area contributed by atoms with Crippen LogP contribution in [0.25, 0.3) is 0 Å². The van der Waals surface area contributed by atoms with E-state index in [9.17, 15) is 4.79 Å². The van der Waals surface area contributed by atoms with Gasteiger partial charge in [-0.2, -0.15) is 0 Å². The second-order valence-electron chi connectivity index (χ2n) is 8.87. The SMILES string of the molecule is Cc1cc(C2=NCc3cc4c(cc32)CN(C2CCCOc3ccccc32)C(=O)C4)ccn1. The van der Waals surface area contributed by atoms with Crippen LogP contribution in [0.2, 0.25) is 0 Å². The van der Waals surface area contributed by atoms with Crippen LogP contribution in [0.3, 0.4) is 0 Å². The third-order valence-electron chi connectivity index (χ3n) is 6.79. The summed E-state index contributed by atoms with van der Waals surface area (Å²) in [5.41, 5.74) is 9.02. The van der Waals surface area contributed by atoms with E-state index in [1.54, 1.807) is 0 Å². The normalized spacial score (nSPS) is 19.4. The molecule has 3 aliphatic rings. The van der Waals surface area contributed by atoms with Crippen LogP contribution in [0.15, 0.2) is 59.7 Å². The van der Waals surface area contributed by atoms with Gasteiger partial charge in [0.2, 0.25) is 5.91 Å². The molecule has 0 fully saturated rings. The van der Waals surface area contributed by atoms with Crippen LogP contribution in [0.4, 0.5) is 0 Å². The number of rotatable bonds is 2. The van der Waals surface area contributed by atoms with Crippen molar-refractivity contribution in [2.24, 2.45) is 4.99 Å². The average molecular weight is 424 g/mol. The fourth-order valence-electron chi connectivity index (χ4n) is 5.24. The molecule has 3 aromatic rings. The molecule has 3 aliphatic heterocycles. The van der Waals surface area contributed by atoms with Crippen molar-refractivity contribution in [1.82, 2.24) is 9.88 Å². The van der Waals surface area contributed by atoms with E-state index in [-0.39, 0.29) is 11.9 Å². The quantitative estimate of drug-likeness (QED) is 0.608. The zero-order valence-corrected chi connectivity index (χ0v) is 18.2. The van der Waals surface area contributed by atoms with E-state index in [0.717, 1.165) is 46.7 Å². The molecule has 0 N–H and O–H groups in total. The molecule has 0 bridgehead atoms. The number of aryl methyl sites for hydroxylation is 1. The van der Waals surface area contributed by atoms with Crippen LogP contribution in [-0.4, -0.2) is 28.1 Å². The Morgan fingerprint density at radius 2 is 1.97 bits per heavy atom. The summed E-state index contributed by atoms with van der Waals surface area (Å²) in [5, 5.41) is 0. The Morgan fingerprint density at radius 1 is 1.06 bits per heavy atom. The third kappa shape index (κ3) is 3.20. The molecule has 160 valence electrons. The van der Waals surface area contributed by atoms with Crippen LogP contribution in [0, 0.1) is 6.92 Å². The number of hydrogen-bond donors (Lipinski definition) is 0. The smallest absolute Gasteiger partial charge is 0.227 e. The number of fused-ring (bicyclic) bond motifs is 3. The van der Waals surface area contributed by atoms with E-state index in [1.165, 1.54) is 16.7 Å². The van der Waals surface area contributed by atoms with E-state index in [1.807, 2.05) is 37.4 Å². The lowest BCUT2D eigenvalue weighted by Gasteiger charge is -2.36. The molecule has 0 spiro atoms. The van der Waals surface area contributed by atoms with Crippen molar-refractivity contribution in [2.45, 2.75) is 45.3 Å². The molecule has 1 amide bonds. The van der Waals surface area contributed by atoms with Gasteiger partial charge in [0.15, 0.2) is 0 Å². The zero-order valence-electron chi connectivity index (χ0n) is 18.2. The number of aromatic nitrogens is 1. The standard InChI is InChI=1S/C27H25N3O2/c1-17-11-18(8-9-28-17)27-23-13-21-16-30(26(31)14-19(21)12-20(23)15-29-27)24-6-4-10-32-25-7-3-2-5-22(24)25/h2-3,5,7-9,11-13,24H,4,6,10,14-16H2,1H3. The molecule has 0 saturated heterocycles. The fraction of sp³-hybridized carbons (Fsp3) is 0.296. The van der Waals surface area contributed by atoms with Gasteiger partial charge in [-0.1, -0.05) is 24.3 Å². The first-order valence-corrected chi connectivity index (χ1v) is 11.3. The van der Waals surface area contributed by atoms with Crippen LogP contribution >= 0.6 is 0 Å². The largest absolute Gasteiger partial charge is 0.493 e. The van der Waals surface area contributed by atoms with Crippen molar-refractivity contribution in [3.8, 4) is 5.75 Å². The molecule has 32 heavy (non-hydrogen) atoms. The second-order valence-corrected chi connectivity index (χ2v) is 8.87. The van der Waals surface area contributed by atoms with Crippen LogP contribution in [0.5, 0.6) is 5.75 Å². The molecule has 5 heteroatoms. The van der Waals surface area contributed by atoms with Crippen LogP contribution in [-0.2, 0) is 24.3 Å². The third-order valence-corrected chi connectivity index (χ3v) is 6.79. The monoisotopic (exact) mass is 423 g/mol. The second kappa shape index (κ2) is 7.59. The molecule has 2 aromatic carbocycles. The van der Waals surface area contributed by atoms with Gasteiger partial charge in [0.25, 0.3) is 0 Å². The minimum Gasteiger partial charge on any atom is -0.493 e. The number of benzene rings is 2. The Labute approximate surface area is 187 Å². The first kappa shape index (κ1) is 19.2. The molecule has 1 aromatic heterocycles. The van der Waals surface area contributed by atoms with Gasteiger partial charge in [-0.3, -0.25) is 14.8 Å². The lowest BCUT2D eigenvalue weighted by Crippen LogP contribution is -2.39. The number of hydrogen-bond acceptors (Lipinski definition) is 4.